The van der Waals surface area contributed by atoms with Gasteiger partial charge in [0.1, 0.15) is 17.8 Å². The third-order valence-corrected chi connectivity index (χ3v) is 6.44. The van der Waals surface area contributed by atoms with Crippen LogP contribution in [0.1, 0.15) is 32.9 Å². The van der Waals surface area contributed by atoms with Crippen molar-refractivity contribution in [1.82, 2.24) is 34.7 Å². The van der Waals surface area contributed by atoms with Crippen molar-refractivity contribution < 1.29 is 0 Å². The second-order valence-electron chi connectivity index (χ2n) is 11.0. The van der Waals surface area contributed by atoms with Crippen LogP contribution in [0.5, 0.6) is 0 Å². The van der Waals surface area contributed by atoms with Gasteiger partial charge in [-0.3, -0.25) is 14.6 Å². The highest BCUT2D eigenvalue weighted by Gasteiger charge is 2.16. The number of imidazole rings is 1. The molecule has 0 saturated heterocycles. The second kappa shape index (κ2) is 8.99. The van der Waals surface area contributed by atoms with Crippen LogP contribution in [0.3, 0.4) is 0 Å². The Labute approximate surface area is 220 Å². The van der Waals surface area contributed by atoms with Crippen molar-refractivity contribution in [2.24, 2.45) is 5.41 Å². The lowest BCUT2D eigenvalue weighted by molar-refractivity contribution is 0.411. The van der Waals surface area contributed by atoms with Gasteiger partial charge < -0.3 is 10.3 Å². The summed E-state index contributed by atoms with van der Waals surface area (Å²) in [6.07, 6.45) is 10.2. The molecule has 0 aliphatic rings. The highest BCUT2D eigenvalue weighted by Crippen LogP contribution is 2.33. The van der Waals surface area contributed by atoms with E-state index in [0.717, 1.165) is 73.6 Å². The molecule has 6 rings (SSSR count). The lowest BCUT2D eigenvalue weighted by Crippen LogP contribution is -2.10. The molecular weight excluding hydrogens is 472 g/mol. The molecule has 1 aromatic carbocycles. The number of nitrogens with one attached hydrogen (secondary N) is 3. The maximum atomic E-state index is 4.66. The number of nitrogens with zero attached hydrogens (tertiary/aromatic N) is 5. The van der Waals surface area contributed by atoms with E-state index in [1.165, 1.54) is 0 Å². The van der Waals surface area contributed by atoms with Crippen LogP contribution >= 0.6 is 0 Å². The van der Waals surface area contributed by atoms with Gasteiger partial charge >= 0.3 is 0 Å². The van der Waals surface area contributed by atoms with Gasteiger partial charge in [0, 0.05) is 40.6 Å². The number of allylic oxidation sites excluding steroid dienone is 1. The van der Waals surface area contributed by atoms with Crippen LogP contribution in [0.25, 0.3) is 50.1 Å². The van der Waals surface area contributed by atoms with E-state index < -0.39 is 0 Å². The molecule has 6 aromatic rings. The Balaban J connectivity index is 1.36. The van der Waals surface area contributed by atoms with E-state index in [1.807, 2.05) is 36.1 Å². The number of fused-ring (bicyclic) bond motifs is 2. The molecule has 0 spiro atoms. The molecule has 0 saturated carbocycles. The first kappa shape index (κ1) is 23.7. The fraction of sp³-hybridized carbons (Fsp3) is 0.200. The summed E-state index contributed by atoms with van der Waals surface area (Å²) in [5.74, 6) is 0.828. The second-order valence-corrected chi connectivity index (χ2v) is 11.0. The van der Waals surface area contributed by atoms with Crippen LogP contribution in [-0.2, 0) is 0 Å². The van der Waals surface area contributed by atoms with Crippen LogP contribution in [0, 0.1) is 12.3 Å². The Kier molecular flexibility index (Phi) is 5.60. The van der Waals surface area contributed by atoms with E-state index >= 15 is 0 Å². The van der Waals surface area contributed by atoms with Gasteiger partial charge in [0.25, 0.3) is 0 Å². The Morgan fingerprint density at radius 1 is 1.00 bits per heavy atom. The number of pyridine rings is 2. The number of aromatic nitrogens is 7. The molecule has 38 heavy (non-hydrogen) atoms. The van der Waals surface area contributed by atoms with Crippen LogP contribution in [0.15, 0.2) is 79.8 Å². The lowest BCUT2D eigenvalue weighted by atomic mass is 9.91. The monoisotopic (exact) mass is 502 g/mol. The summed E-state index contributed by atoms with van der Waals surface area (Å²) in [7, 11) is 0. The number of anilines is 1. The summed E-state index contributed by atoms with van der Waals surface area (Å²) in [6, 6.07) is 12.5. The summed E-state index contributed by atoms with van der Waals surface area (Å²) in [5, 5.41) is 13.3. The first-order valence-electron chi connectivity index (χ1n) is 12.6. The zero-order valence-corrected chi connectivity index (χ0v) is 22.0. The average molecular weight is 503 g/mol. The fourth-order valence-corrected chi connectivity index (χ4v) is 4.86. The molecule has 0 atom stereocenters. The van der Waals surface area contributed by atoms with Gasteiger partial charge in [-0.15, -0.1) is 0 Å². The van der Waals surface area contributed by atoms with E-state index in [9.17, 15) is 0 Å². The van der Waals surface area contributed by atoms with Crippen molar-refractivity contribution in [2.45, 2.75) is 34.1 Å². The number of rotatable bonds is 6. The third kappa shape index (κ3) is 4.56. The first-order chi connectivity index (χ1) is 18.2. The van der Waals surface area contributed by atoms with E-state index in [1.54, 1.807) is 12.5 Å². The van der Waals surface area contributed by atoms with E-state index in [-0.39, 0.29) is 5.41 Å². The van der Waals surface area contributed by atoms with Crippen molar-refractivity contribution in [2.75, 3.05) is 5.32 Å². The maximum Gasteiger partial charge on any atom is 0.147 e. The number of hydrogen-bond donors (Lipinski definition) is 3. The molecule has 0 radical (unpaired) electrons. The maximum absolute atomic E-state index is 4.66. The smallest absolute Gasteiger partial charge is 0.147 e. The zero-order chi connectivity index (χ0) is 26.4. The van der Waals surface area contributed by atoms with Gasteiger partial charge in [-0.1, -0.05) is 33.4 Å². The topological polar surface area (TPSA) is 100 Å². The number of H-pyrrole nitrogens is 2. The molecule has 5 aromatic heterocycles. The molecule has 0 aliphatic carbocycles. The molecule has 5 heterocycles. The Hall–Kier alpha value is -4.72. The minimum absolute atomic E-state index is 0.162. The third-order valence-electron chi connectivity index (χ3n) is 6.44. The Morgan fingerprint density at radius 3 is 2.66 bits per heavy atom. The average Bonchev–Trinajstić information content (AvgIpc) is 3.60. The van der Waals surface area contributed by atoms with Crippen LogP contribution < -0.4 is 5.32 Å². The van der Waals surface area contributed by atoms with E-state index in [0.29, 0.717) is 0 Å². The predicted octanol–water partition coefficient (Wildman–Crippen LogP) is 7.02. The molecule has 0 unspecified atom stereocenters. The van der Waals surface area contributed by atoms with E-state index in [2.05, 4.69) is 93.1 Å². The zero-order valence-electron chi connectivity index (χ0n) is 22.0. The molecule has 3 N–H and O–H groups in total. The molecule has 8 nitrogen and oxygen atoms in total. The van der Waals surface area contributed by atoms with Crippen LogP contribution in [-0.4, -0.2) is 34.7 Å². The standard InChI is InChI=1S/C30H30N8/c1-18(13-30(3,4)5)34-22-10-21(14-31-15-22)20-6-7-26-23(11-20)28(37-36-26)27-12-24-25(35-27)8-9-32-29(24)38-16-19(2)33-17-38/h6-12,14-17,34-35H,1,13H2,2-5H3,(H,36,37). The largest absolute Gasteiger partial charge is 0.358 e. The van der Waals surface area contributed by atoms with Crippen LogP contribution in [0.2, 0.25) is 0 Å². The first-order valence-corrected chi connectivity index (χ1v) is 12.6. The summed E-state index contributed by atoms with van der Waals surface area (Å²) < 4.78 is 1.94. The fourth-order valence-electron chi connectivity index (χ4n) is 4.86. The number of benzene rings is 1. The molecule has 190 valence electrons. The van der Waals surface area contributed by atoms with Gasteiger partial charge in [-0.05, 0) is 54.7 Å². The SMILES string of the molecule is C=C(CC(C)(C)C)Nc1cncc(-c2ccc3[nH]nc(-c4cc5c(-n6cnc(C)c6)nccc5[nH]4)c3c2)c1. The van der Waals surface area contributed by atoms with Crippen molar-refractivity contribution >= 4 is 27.5 Å². The van der Waals surface area contributed by atoms with Crippen molar-refractivity contribution in [3.63, 3.8) is 0 Å². The van der Waals surface area contributed by atoms with Gasteiger partial charge in [0.2, 0.25) is 0 Å². The Bertz CT molecular complexity index is 1790. The molecule has 8 heteroatoms. The summed E-state index contributed by atoms with van der Waals surface area (Å²) >= 11 is 0. The van der Waals surface area contributed by atoms with Gasteiger partial charge in [0.05, 0.1) is 34.3 Å². The van der Waals surface area contributed by atoms with Crippen LogP contribution in [0.4, 0.5) is 5.69 Å². The van der Waals surface area contributed by atoms with Gasteiger partial charge in [-0.2, -0.15) is 5.10 Å². The minimum Gasteiger partial charge on any atom is -0.358 e. The normalized spacial score (nSPS) is 11.9. The van der Waals surface area contributed by atoms with Gasteiger partial charge in [0.15, 0.2) is 0 Å². The minimum atomic E-state index is 0.162. The number of aromatic amines is 2. The summed E-state index contributed by atoms with van der Waals surface area (Å²) in [4.78, 5) is 17.0. The summed E-state index contributed by atoms with van der Waals surface area (Å²) in [6.45, 7) is 12.8. The highest BCUT2D eigenvalue weighted by atomic mass is 15.1. The lowest BCUT2D eigenvalue weighted by Gasteiger charge is -2.20. The van der Waals surface area contributed by atoms with Crippen molar-refractivity contribution in [3.8, 4) is 28.3 Å². The molecule has 0 amide bonds. The molecule has 0 bridgehead atoms. The summed E-state index contributed by atoms with van der Waals surface area (Å²) in [5.41, 5.74) is 8.81. The number of hydrogen-bond acceptors (Lipinski definition) is 5. The number of aryl methyl sites for hydroxylation is 1. The molecule has 0 fully saturated rings. The predicted molar refractivity (Wildman–Crippen MR) is 153 cm³/mol. The highest BCUT2D eigenvalue weighted by molar-refractivity contribution is 5.99. The van der Waals surface area contributed by atoms with Crippen molar-refractivity contribution in [3.05, 3.63) is 85.5 Å². The van der Waals surface area contributed by atoms with Crippen molar-refractivity contribution in [1.29, 1.82) is 0 Å². The van der Waals surface area contributed by atoms with Gasteiger partial charge in [-0.25, -0.2) is 9.97 Å². The molecular formula is C30H30N8. The quantitative estimate of drug-likeness (QED) is 0.227. The van der Waals surface area contributed by atoms with E-state index in [4.69, 9.17) is 0 Å². The Morgan fingerprint density at radius 2 is 1.87 bits per heavy atom. The molecule has 0 aliphatic heterocycles.